The highest BCUT2D eigenvalue weighted by molar-refractivity contribution is 7.90. The first-order valence-electron chi connectivity index (χ1n) is 13.2. The van der Waals surface area contributed by atoms with Gasteiger partial charge in [0.05, 0.1) is 16.8 Å². The van der Waals surface area contributed by atoms with Crippen LogP contribution in [-0.2, 0) is 14.6 Å². The summed E-state index contributed by atoms with van der Waals surface area (Å²) in [7, 11) is -2.98. The second kappa shape index (κ2) is 10.8. The van der Waals surface area contributed by atoms with E-state index < -0.39 is 15.8 Å². The van der Waals surface area contributed by atoms with E-state index >= 15 is 0 Å². The van der Waals surface area contributed by atoms with E-state index in [1.807, 2.05) is 18.2 Å². The maximum Gasteiger partial charge on any atom is 0.337 e. The predicted octanol–water partition coefficient (Wildman–Crippen LogP) is 2.80. The van der Waals surface area contributed by atoms with Gasteiger partial charge in [-0.25, -0.2) is 18.2 Å². The Bertz CT molecular complexity index is 1490. The number of fused-ring (bicyclic) bond motifs is 1. The summed E-state index contributed by atoms with van der Waals surface area (Å²) in [6.07, 6.45) is 7.88. The summed E-state index contributed by atoms with van der Waals surface area (Å²) in [5.74, 6) is 0.439. The molecule has 2 aromatic heterocycles. The van der Waals surface area contributed by atoms with E-state index in [9.17, 15) is 23.1 Å². The third-order valence-corrected chi connectivity index (χ3v) is 8.79. The highest BCUT2D eigenvalue weighted by atomic mass is 32.2. The Morgan fingerprint density at radius 2 is 1.79 bits per heavy atom. The molecular weight excluding hydrogens is 520 g/mol. The largest absolute Gasteiger partial charge is 0.478 e. The van der Waals surface area contributed by atoms with Crippen LogP contribution in [0, 0.1) is 5.92 Å². The standard InChI is InChI=1S/C27H34N6O5S/c1-18(34)31-12-14-32(15-13-31)22-4-3-5-23-25(22)21(26(35)36)16-33(23)24-10-11-28-27(30-24)29-20-8-6-19(7-9-20)17-39(2,37)38/h3-5,10-11,16,19-20H,6-9,12-15,17H2,1-2H3,(H,35,36)(H,28,29,30). The van der Waals surface area contributed by atoms with E-state index in [0.717, 1.165) is 36.9 Å². The first-order valence-corrected chi connectivity index (χ1v) is 15.3. The van der Waals surface area contributed by atoms with E-state index in [1.165, 1.54) is 6.26 Å². The molecule has 1 amide bonds. The number of anilines is 2. The molecule has 3 heterocycles. The summed E-state index contributed by atoms with van der Waals surface area (Å²) >= 11 is 0. The Balaban J connectivity index is 1.39. The molecule has 3 aromatic rings. The highest BCUT2D eigenvalue weighted by Gasteiger charge is 2.26. The topological polar surface area (TPSA) is 138 Å². The molecule has 0 atom stereocenters. The number of aromatic carboxylic acids is 1. The van der Waals surface area contributed by atoms with Crippen molar-refractivity contribution in [3.63, 3.8) is 0 Å². The van der Waals surface area contributed by atoms with Crippen molar-refractivity contribution >= 4 is 44.3 Å². The quantitative estimate of drug-likeness (QED) is 0.451. The minimum Gasteiger partial charge on any atom is -0.478 e. The lowest BCUT2D eigenvalue weighted by Gasteiger charge is -2.36. The molecule has 208 valence electrons. The van der Waals surface area contributed by atoms with Crippen molar-refractivity contribution in [2.24, 2.45) is 5.92 Å². The second-order valence-corrected chi connectivity index (χ2v) is 12.8. The van der Waals surface area contributed by atoms with Gasteiger partial charge in [-0.1, -0.05) is 6.07 Å². The van der Waals surface area contributed by atoms with Gasteiger partial charge in [-0.2, -0.15) is 4.98 Å². The van der Waals surface area contributed by atoms with Crippen LogP contribution in [0.25, 0.3) is 16.7 Å². The fraction of sp³-hybridized carbons (Fsp3) is 0.481. The fourth-order valence-corrected chi connectivity index (χ4v) is 6.97. The Hall–Kier alpha value is -3.67. The maximum absolute atomic E-state index is 12.3. The van der Waals surface area contributed by atoms with Crippen LogP contribution < -0.4 is 10.2 Å². The summed E-state index contributed by atoms with van der Waals surface area (Å²) < 4.78 is 25.1. The molecule has 0 spiro atoms. The average molecular weight is 555 g/mol. The van der Waals surface area contributed by atoms with Crippen molar-refractivity contribution in [3.05, 3.63) is 42.2 Å². The normalized spacial score (nSPS) is 20.3. The van der Waals surface area contributed by atoms with Crippen LogP contribution in [0.5, 0.6) is 0 Å². The van der Waals surface area contributed by atoms with E-state index in [4.69, 9.17) is 4.98 Å². The summed E-state index contributed by atoms with van der Waals surface area (Å²) in [6, 6.07) is 7.61. The first-order chi connectivity index (χ1) is 18.6. The first kappa shape index (κ1) is 26.9. The lowest BCUT2D eigenvalue weighted by molar-refractivity contribution is -0.129. The smallest absolute Gasteiger partial charge is 0.337 e. The molecule has 2 aliphatic rings. The monoisotopic (exact) mass is 554 g/mol. The SMILES string of the molecule is CC(=O)N1CCN(c2cccc3c2c(C(=O)O)cn3-c2ccnc(NC3CCC(CS(C)(=O)=O)CC3)n2)CC1. The van der Waals surface area contributed by atoms with Crippen LogP contribution in [0.4, 0.5) is 11.6 Å². The Morgan fingerprint density at radius 3 is 2.44 bits per heavy atom. The minimum absolute atomic E-state index is 0.0420. The number of hydrogen-bond acceptors (Lipinski definition) is 8. The number of nitrogens with zero attached hydrogens (tertiary/aromatic N) is 5. The number of carbonyl (C=O) groups excluding carboxylic acids is 1. The van der Waals surface area contributed by atoms with Crippen molar-refractivity contribution < 1.29 is 23.1 Å². The van der Waals surface area contributed by atoms with Crippen LogP contribution in [0.3, 0.4) is 0 Å². The molecule has 2 N–H and O–H groups in total. The van der Waals surface area contributed by atoms with Gasteiger partial charge in [0.15, 0.2) is 0 Å². The second-order valence-electron chi connectivity index (χ2n) is 10.6. The third kappa shape index (κ3) is 6.00. The van der Waals surface area contributed by atoms with E-state index in [-0.39, 0.29) is 29.2 Å². The van der Waals surface area contributed by atoms with Gasteiger partial charge in [-0.05, 0) is 49.8 Å². The number of nitrogens with one attached hydrogen (secondary N) is 1. The Kier molecular flexibility index (Phi) is 7.48. The van der Waals surface area contributed by atoms with Gasteiger partial charge in [0.1, 0.15) is 15.7 Å². The molecule has 39 heavy (non-hydrogen) atoms. The zero-order chi connectivity index (χ0) is 27.7. The number of carboxylic acid groups (broad SMARTS) is 1. The molecule has 1 aliphatic heterocycles. The van der Waals surface area contributed by atoms with Crippen LogP contribution >= 0.6 is 0 Å². The number of carbonyl (C=O) groups is 2. The zero-order valence-electron chi connectivity index (χ0n) is 22.2. The molecule has 0 bridgehead atoms. The molecule has 5 rings (SSSR count). The molecule has 0 unspecified atom stereocenters. The summed E-state index contributed by atoms with van der Waals surface area (Å²) in [5.41, 5.74) is 1.74. The van der Waals surface area contributed by atoms with Gasteiger partial charge in [0.2, 0.25) is 11.9 Å². The zero-order valence-corrected chi connectivity index (χ0v) is 23.0. The fourth-order valence-electron chi connectivity index (χ4n) is 5.78. The molecule has 12 heteroatoms. The van der Waals surface area contributed by atoms with Gasteiger partial charge in [-0.15, -0.1) is 0 Å². The summed E-state index contributed by atoms with van der Waals surface area (Å²) in [4.78, 5) is 37.1. The van der Waals surface area contributed by atoms with Crippen molar-refractivity contribution in [2.45, 2.75) is 38.6 Å². The van der Waals surface area contributed by atoms with E-state index in [2.05, 4.69) is 15.2 Å². The van der Waals surface area contributed by atoms with Crippen molar-refractivity contribution in [1.82, 2.24) is 19.4 Å². The molecular formula is C27H34N6O5S. The molecule has 2 fully saturated rings. The lowest BCUT2D eigenvalue weighted by Crippen LogP contribution is -2.48. The van der Waals surface area contributed by atoms with Crippen LogP contribution in [0.1, 0.15) is 43.0 Å². The summed E-state index contributed by atoms with van der Waals surface area (Å²) in [5, 5.41) is 14.1. The van der Waals surface area contributed by atoms with Crippen molar-refractivity contribution in [1.29, 1.82) is 0 Å². The molecule has 1 aromatic carbocycles. The number of amides is 1. The number of aromatic nitrogens is 3. The predicted molar refractivity (Wildman–Crippen MR) is 149 cm³/mol. The van der Waals surface area contributed by atoms with Gasteiger partial charge in [-0.3, -0.25) is 4.79 Å². The Labute approximate surface area is 227 Å². The van der Waals surface area contributed by atoms with Crippen LogP contribution in [0.2, 0.25) is 0 Å². The molecule has 1 saturated carbocycles. The molecule has 11 nitrogen and oxygen atoms in total. The molecule has 1 saturated heterocycles. The van der Waals surface area contributed by atoms with Gasteiger partial charge >= 0.3 is 5.97 Å². The number of hydrogen-bond donors (Lipinski definition) is 2. The minimum atomic E-state index is -2.98. The van der Waals surface area contributed by atoms with E-state index in [0.29, 0.717) is 43.3 Å². The number of piperazine rings is 1. The molecule has 1 aliphatic carbocycles. The van der Waals surface area contributed by atoms with E-state index in [1.54, 1.807) is 34.9 Å². The van der Waals surface area contributed by atoms with Crippen LogP contribution in [-0.4, -0.2) is 89.1 Å². The van der Waals surface area contributed by atoms with Gasteiger partial charge in [0, 0.05) is 68.9 Å². The maximum atomic E-state index is 12.3. The lowest BCUT2D eigenvalue weighted by atomic mass is 9.87. The van der Waals surface area contributed by atoms with Gasteiger partial charge < -0.3 is 24.8 Å². The average Bonchev–Trinajstić information content (AvgIpc) is 3.30. The number of rotatable bonds is 7. The number of carboxylic acids is 1. The number of sulfone groups is 1. The Morgan fingerprint density at radius 1 is 1.08 bits per heavy atom. The van der Waals surface area contributed by atoms with Gasteiger partial charge in [0.25, 0.3) is 0 Å². The third-order valence-electron chi connectivity index (χ3n) is 7.71. The number of benzene rings is 1. The van der Waals surface area contributed by atoms with Crippen molar-refractivity contribution in [3.8, 4) is 5.82 Å². The van der Waals surface area contributed by atoms with Crippen LogP contribution in [0.15, 0.2) is 36.7 Å². The summed E-state index contributed by atoms with van der Waals surface area (Å²) in [6.45, 7) is 3.99. The highest BCUT2D eigenvalue weighted by Crippen LogP contribution is 2.34. The van der Waals surface area contributed by atoms with Crippen molar-refractivity contribution in [2.75, 3.05) is 48.4 Å². The molecule has 0 radical (unpaired) electrons.